The Morgan fingerprint density at radius 3 is 2.64 bits per heavy atom. The Morgan fingerprint density at radius 1 is 1.27 bits per heavy atom. The van der Waals surface area contributed by atoms with Crippen LogP contribution in [0.25, 0.3) is 0 Å². The molecule has 1 aromatic carbocycles. The normalized spacial score (nSPS) is 16.8. The Morgan fingerprint density at radius 2 is 2.03 bits per heavy atom. The van der Waals surface area contributed by atoms with Crippen LogP contribution < -0.4 is 10.5 Å². The molecule has 1 aliphatic rings. The molecule has 178 valence electrons. The topological polar surface area (TPSA) is 135 Å². The zero-order valence-electron chi connectivity index (χ0n) is 19.2. The maximum atomic E-state index is 12.2. The van der Waals surface area contributed by atoms with Crippen LogP contribution in [0.3, 0.4) is 0 Å². The number of hydrogen-bond donors (Lipinski definition) is 3. The SMILES string of the molecule is CC(C)(C)OC(=O)CC[C@@H](C(N)=O)N1Cc2c(OCc3ccc(CO)nc3)cccc2C1O. The van der Waals surface area contributed by atoms with E-state index in [1.54, 1.807) is 56.1 Å². The predicted octanol–water partition coefficient (Wildman–Crippen LogP) is 1.94. The van der Waals surface area contributed by atoms with Gasteiger partial charge in [0.2, 0.25) is 5.91 Å². The van der Waals surface area contributed by atoms with Gasteiger partial charge in [-0.15, -0.1) is 0 Å². The largest absolute Gasteiger partial charge is 0.489 e. The highest BCUT2D eigenvalue weighted by atomic mass is 16.6. The number of hydrogen-bond acceptors (Lipinski definition) is 8. The van der Waals surface area contributed by atoms with E-state index in [4.69, 9.17) is 20.3 Å². The monoisotopic (exact) mass is 457 g/mol. The zero-order chi connectivity index (χ0) is 24.2. The fourth-order valence-corrected chi connectivity index (χ4v) is 3.77. The highest BCUT2D eigenvalue weighted by Gasteiger charge is 2.38. The van der Waals surface area contributed by atoms with Gasteiger partial charge in [-0.2, -0.15) is 0 Å². The van der Waals surface area contributed by atoms with Crippen LogP contribution in [0.4, 0.5) is 0 Å². The predicted molar refractivity (Wildman–Crippen MR) is 119 cm³/mol. The number of amides is 1. The molecule has 2 atom stereocenters. The van der Waals surface area contributed by atoms with Gasteiger partial charge in [-0.05, 0) is 39.3 Å². The number of primary amides is 1. The fourth-order valence-electron chi connectivity index (χ4n) is 3.77. The lowest BCUT2D eigenvalue weighted by Crippen LogP contribution is -2.44. The van der Waals surface area contributed by atoms with E-state index in [-0.39, 0.29) is 32.6 Å². The molecule has 9 heteroatoms. The minimum atomic E-state index is -1.05. The molecular formula is C24H31N3O6. The molecule has 2 aromatic rings. The molecule has 1 aliphatic heterocycles. The number of ether oxygens (including phenoxy) is 2. The quantitative estimate of drug-likeness (QED) is 0.486. The van der Waals surface area contributed by atoms with E-state index < -0.39 is 29.7 Å². The van der Waals surface area contributed by atoms with Crippen LogP contribution >= 0.6 is 0 Å². The number of rotatable bonds is 9. The number of aromatic nitrogens is 1. The first-order valence-corrected chi connectivity index (χ1v) is 10.8. The Labute approximate surface area is 193 Å². The van der Waals surface area contributed by atoms with Crippen LogP contribution in [0.1, 0.15) is 62.2 Å². The molecule has 0 aliphatic carbocycles. The van der Waals surface area contributed by atoms with Gasteiger partial charge in [0, 0.05) is 35.9 Å². The third-order valence-corrected chi connectivity index (χ3v) is 5.32. The molecule has 0 fully saturated rings. The van der Waals surface area contributed by atoms with Crippen molar-refractivity contribution in [3.05, 3.63) is 58.9 Å². The minimum Gasteiger partial charge on any atom is -0.489 e. The Hall–Kier alpha value is -3.01. The number of aliphatic hydroxyl groups excluding tert-OH is 2. The van der Waals surface area contributed by atoms with Gasteiger partial charge in [-0.3, -0.25) is 19.5 Å². The Balaban J connectivity index is 1.70. The molecule has 1 aromatic heterocycles. The fraction of sp³-hybridized carbons (Fsp3) is 0.458. The lowest BCUT2D eigenvalue weighted by Gasteiger charge is -2.28. The third-order valence-electron chi connectivity index (χ3n) is 5.32. The van der Waals surface area contributed by atoms with E-state index in [0.717, 1.165) is 11.1 Å². The van der Waals surface area contributed by atoms with E-state index >= 15 is 0 Å². The van der Waals surface area contributed by atoms with Crippen molar-refractivity contribution in [3.8, 4) is 5.75 Å². The van der Waals surface area contributed by atoms with Crippen LogP contribution in [-0.2, 0) is 34.1 Å². The van der Waals surface area contributed by atoms with Crippen molar-refractivity contribution < 1.29 is 29.3 Å². The standard InChI is InChI=1S/C24H31N3O6/c1-24(2,3)33-21(29)10-9-19(22(25)30)27-12-18-17(23(27)31)5-4-6-20(18)32-14-15-7-8-16(13-28)26-11-15/h4-8,11,19,23,28,31H,9-10,12-14H2,1-3H3,(H2,25,30)/t19-,23?/m0/s1. The van der Waals surface area contributed by atoms with E-state index in [2.05, 4.69) is 4.98 Å². The number of fused-ring (bicyclic) bond motifs is 1. The molecule has 4 N–H and O–H groups in total. The maximum absolute atomic E-state index is 12.2. The van der Waals surface area contributed by atoms with Gasteiger partial charge >= 0.3 is 5.97 Å². The first kappa shape index (κ1) is 24.6. The second-order valence-corrected chi connectivity index (χ2v) is 9.02. The van der Waals surface area contributed by atoms with Crippen molar-refractivity contribution in [2.45, 2.75) is 71.2 Å². The van der Waals surface area contributed by atoms with Gasteiger partial charge in [0.25, 0.3) is 0 Å². The molecule has 0 saturated heterocycles. The van der Waals surface area contributed by atoms with E-state index in [1.807, 2.05) is 6.07 Å². The summed E-state index contributed by atoms with van der Waals surface area (Å²) < 4.78 is 11.3. The summed E-state index contributed by atoms with van der Waals surface area (Å²) in [5.74, 6) is -0.469. The highest BCUT2D eigenvalue weighted by Crippen LogP contribution is 2.39. The van der Waals surface area contributed by atoms with Gasteiger partial charge in [-0.25, -0.2) is 0 Å². The van der Waals surface area contributed by atoms with Crippen LogP contribution in [0.2, 0.25) is 0 Å². The average molecular weight is 458 g/mol. The Kier molecular flexibility index (Phi) is 7.68. The first-order chi connectivity index (χ1) is 15.6. The van der Waals surface area contributed by atoms with Crippen molar-refractivity contribution >= 4 is 11.9 Å². The van der Waals surface area contributed by atoms with Crippen molar-refractivity contribution in [1.29, 1.82) is 0 Å². The molecule has 33 heavy (non-hydrogen) atoms. The molecule has 0 radical (unpaired) electrons. The van der Waals surface area contributed by atoms with E-state index in [9.17, 15) is 14.7 Å². The molecule has 0 spiro atoms. The number of nitrogens with zero attached hydrogens (tertiary/aromatic N) is 2. The molecule has 2 heterocycles. The number of nitrogens with two attached hydrogens (primary N) is 1. The van der Waals surface area contributed by atoms with Gasteiger partial charge in [-0.1, -0.05) is 18.2 Å². The summed E-state index contributed by atoms with van der Waals surface area (Å²) in [4.78, 5) is 30.0. The van der Waals surface area contributed by atoms with Gasteiger partial charge in [0.05, 0.1) is 18.3 Å². The maximum Gasteiger partial charge on any atom is 0.306 e. The van der Waals surface area contributed by atoms with Crippen LogP contribution in [-0.4, -0.2) is 43.6 Å². The molecule has 1 unspecified atom stereocenters. The zero-order valence-corrected chi connectivity index (χ0v) is 19.2. The summed E-state index contributed by atoms with van der Waals surface area (Å²) in [6.45, 7) is 5.69. The molecule has 0 bridgehead atoms. The van der Waals surface area contributed by atoms with E-state index in [1.165, 1.54) is 0 Å². The molecule has 1 amide bonds. The number of esters is 1. The van der Waals surface area contributed by atoms with Crippen LogP contribution in [0.15, 0.2) is 36.5 Å². The average Bonchev–Trinajstić information content (AvgIpc) is 3.08. The van der Waals surface area contributed by atoms with Gasteiger partial charge in [0.1, 0.15) is 24.2 Å². The summed E-state index contributed by atoms with van der Waals surface area (Å²) in [6.07, 6.45) is 0.722. The minimum absolute atomic E-state index is 0.00460. The van der Waals surface area contributed by atoms with E-state index in [0.29, 0.717) is 17.0 Å². The summed E-state index contributed by atoms with van der Waals surface area (Å²) in [5.41, 5.74) is 7.79. The molecule has 9 nitrogen and oxygen atoms in total. The lowest BCUT2D eigenvalue weighted by atomic mass is 10.1. The summed E-state index contributed by atoms with van der Waals surface area (Å²) >= 11 is 0. The summed E-state index contributed by atoms with van der Waals surface area (Å²) in [7, 11) is 0. The smallest absolute Gasteiger partial charge is 0.306 e. The number of aliphatic hydroxyl groups is 2. The highest BCUT2D eigenvalue weighted by molar-refractivity contribution is 5.81. The molecule has 0 saturated carbocycles. The van der Waals surface area contributed by atoms with Crippen LogP contribution in [0, 0.1) is 0 Å². The van der Waals surface area contributed by atoms with Crippen molar-refractivity contribution in [2.75, 3.05) is 0 Å². The molecule has 3 rings (SSSR count). The second kappa shape index (κ2) is 10.3. The van der Waals surface area contributed by atoms with Crippen molar-refractivity contribution in [2.24, 2.45) is 5.73 Å². The summed E-state index contributed by atoms with van der Waals surface area (Å²) in [5, 5.41) is 20.0. The number of pyridine rings is 1. The first-order valence-electron chi connectivity index (χ1n) is 10.8. The van der Waals surface area contributed by atoms with Gasteiger partial charge < -0.3 is 25.4 Å². The number of carbonyl (C=O) groups is 2. The summed E-state index contributed by atoms with van der Waals surface area (Å²) in [6, 6.07) is 8.04. The van der Waals surface area contributed by atoms with Crippen molar-refractivity contribution in [3.63, 3.8) is 0 Å². The van der Waals surface area contributed by atoms with Gasteiger partial charge in [0.15, 0.2) is 0 Å². The third kappa shape index (κ3) is 6.28. The molecular weight excluding hydrogens is 426 g/mol. The lowest BCUT2D eigenvalue weighted by molar-refractivity contribution is -0.155. The second-order valence-electron chi connectivity index (χ2n) is 9.02. The number of benzene rings is 1. The Bertz CT molecular complexity index is 987. The number of carbonyl (C=O) groups excluding carboxylic acids is 2. The van der Waals surface area contributed by atoms with Crippen molar-refractivity contribution in [1.82, 2.24) is 9.88 Å². The van der Waals surface area contributed by atoms with Crippen LogP contribution in [0.5, 0.6) is 5.75 Å².